The van der Waals surface area contributed by atoms with Crippen molar-refractivity contribution in [3.8, 4) is 11.5 Å². The van der Waals surface area contributed by atoms with Crippen LogP contribution >= 0.6 is 23.2 Å². The normalized spacial score (nSPS) is 18.9. The van der Waals surface area contributed by atoms with E-state index < -0.39 is 17.7 Å². The van der Waals surface area contributed by atoms with Gasteiger partial charge in [-0.1, -0.05) is 29.3 Å². The van der Waals surface area contributed by atoms with E-state index >= 15 is 0 Å². The summed E-state index contributed by atoms with van der Waals surface area (Å²) in [6.45, 7) is 0.0681. The Labute approximate surface area is 192 Å². The van der Waals surface area contributed by atoms with E-state index in [2.05, 4.69) is 4.98 Å². The van der Waals surface area contributed by atoms with Gasteiger partial charge in [0.25, 0.3) is 11.7 Å². The minimum absolute atomic E-state index is 0.0681. The molecule has 1 aromatic heterocycles. The van der Waals surface area contributed by atoms with Crippen molar-refractivity contribution in [2.75, 3.05) is 11.7 Å². The molecule has 1 amide bonds. The lowest BCUT2D eigenvalue weighted by molar-refractivity contribution is -0.132. The lowest BCUT2D eigenvalue weighted by atomic mass is 9.98. The number of aliphatic hydroxyl groups is 1. The molecule has 2 aliphatic rings. The Bertz CT molecular complexity index is 1290. The highest BCUT2D eigenvalue weighted by molar-refractivity contribution is 6.51. The highest BCUT2D eigenvalue weighted by Crippen LogP contribution is 2.44. The number of carbonyl (C=O) groups excluding carboxylic acids is 2. The molecule has 1 N–H and O–H groups in total. The fraction of sp³-hybridized carbons (Fsp3) is 0.0870. The number of halogens is 2. The number of ether oxygens (including phenoxy) is 2. The first-order valence-electron chi connectivity index (χ1n) is 9.52. The number of fused-ring (bicyclic) bond motifs is 1. The van der Waals surface area contributed by atoms with E-state index in [9.17, 15) is 14.7 Å². The van der Waals surface area contributed by atoms with Gasteiger partial charge in [-0.3, -0.25) is 19.5 Å². The van der Waals surface area contributed by atoms with E-state index in [1.165, 1.54) is 23.1 Å². The van der Waals surface area contributed by atoms with Crippen molar-refractivity contribution >= 4 is 46.3 Å². The summed E-state index contributed by atoms with van der Waals surface area (Å²) < 4.78 is 10.8. The molecule has 0 aliphatic carbocycles. The van der Waals surface area contributed by atoms with Gasteiger partial charge in [-0.05, 0) is 42.5 Å². The monoisotopic (exact) mass is 468 g/mol. The lowest BCUT2D eigenvalue weighted by Crippen LogP contribution is -2.29. The number of benzene rings is 2. The van der Waals surface area contributed by atoms with Gasteiger partial charge in [-0.15, -0.1) is 0 Å². The molecule has 2 aromatic carbocycles. The number of rotatable bonds is 3. The number of carbonyl (C=O) groups is 2. The van der Waals surface area contributed by atoms with Crippen molar-refractivity contribution in [2.45, 2.75) is 6.04 Å². The first-order chi connectivity index (χ1) is 15.5. The summed E-state index contributed by atoms with van der Waals surface area (Å²) in [5, 5.41) is 11.6. The Hall–Kier alpha value is -3.55. The number of aromatic nitrogens is 1. The summed E-state index contributed by atoms with van der Waals surface area (Å²) >= 11 is 12.1. The fourth-order valence-electron chi connectivity index (χ4n) is 3.75. The molecule has 2 aliphatic heterocycles. The molecule has 3 aromatic rings. The van der Waals surface area contributed by atoms with Crippen LogP contribution in [0.1, 0.15) is 17.3 Å². The molecule has 0 radical (unpaired) electrons. The van der Waals surface area contributed by atoms with E-state index in [1.807, 2.05) is 0 Å². The number of anilines is 1. The smallest absolute Gasteiger partial charge is 0.300 e. The Morgan fingerprint density at radius 3 is 2.56 bits per heavy atom. The second-order valence-corrected chi connectivity index (χ2v) is 7.90. The second-order valence-electron chi connectivity index (χ2n) is 7.09. The molecular weight excluding hydrogens is 455 g/mol. The van der Waals surface area contributed by atoms with Crippen LogP contribution in [0.2, 0.25) is 10.0 Å². The maximum absolute atomic E-state index is 13.1. The molecule has 1 saturated heterocycles. The Morgan fingerprint density at radius 2 is 1.81 bits per heavy atom. The van der Waals surface area contributed by atoms with Crippen LogP contribution in [0.3, 0.4) is 0 Å². The third kappa shape index (κ3) is 3.26. The number of amides is 1. The maximum Gasteiger partial charge on any atom is 0.300 e. The first-order valence-corrected chi connectivity index (χ1v) is 10.3. The SMILES string of the molecule is O=C1C(=O)N(c2ccc3c(c2)OCO3)C(c2ccccn2)/C1=C(\O)c1ccc(Cl)c(Cl)c1. The molecular formula is C23H14Cl2N2O5. The van der Waals surface area contributed by atoms with E-state index in [-0.39, 0.29) is 28.7 Å². The van der Waals surface area contributed by atoms with Gasteiger partial charge < -0.3 is 14.6 Å². The molecule has 32 heavy (non-hydrogen) atoms. The number of pyridine rings is 1. The zero-order valence-corrected chi connectivity index (χ0v) is 17.8. The van der Waals surface area contributed by atoms with Crippen LogP contribution in [0.25, 0.3) is 5.76 Å². The minimum atomic E-state index is -0.967. The van der Waals surface area contributed by atoms with Gasteiger partial charge in [-0.2, -0.15) is 0 Å². The largest absolute Gasteiger partial charge is 0.507 e. The van der Waals surface area contributed by atoms with E-state index in [4.69, 9.17) is 32.7 Å². The number of hydrogen-bond acceptors (Lipinski definition) is 6. The Kier molecular flexibility index (Phi) is 5.00. The quantitative estimate of drug-likeness (QED) is 0.339. The average molecular weight is 469 g/mol. The van der Waals surface area contributed by atoms with Crippen molar-refractivity contribution in [2.24, 2.45) is 0 Å². The molecule has 1 fully saturated rings. The Morgan fingerprint density at radius 1 is 1.00 bits per heavy atom. The summed E-state index contributed by atoms with van der Waals surface area (Å²) in [5.74, 6) is -1.03. The van der Waals surface area contributed by atoms with Crippen LogP contribution in [0.4, 0.5) is 5.69 Å². The van der Waals surface area contributed by atoms with E-state index in [0.29, 0.717) is 27.9 Å². The molecule has 1 atom stereocenters. The lowest BCUT2D eigenvalue weighted by Gasteiger charge is -2.24. The van der Waals surface area contributed by atoms with Crippen molar-refractivity contribution in [1.82, 2.24) is 4.98 Å². The van der Waals surface area contributed by atoms with Crippen LogP contribution in [0.15, 0.2) is 66.4 Å². The number of nitrogens with zero attached hydrogens (tertiary/aromatic N) is 2. The Balaban J connectivity index is 1.70. The van der Waals surface area contributed by atoms with Crippen molar-refractivity contribution in [3.05, 3.63) is 87.7 Å². The van der Waals surface area contributed by atoms with Gasteiger partial charge in [0, 0.05) is 23.5 Å². The minimum Gasteiger partial charge on any atom is -0.507 e. The molecule has 0 spiro atoms. The average Bonchev–Trinajstić information content (AvgIpc) is 3.38. The zero-order chi connectivity index (χ0) is 22.4. The topological polar surface area (TPSA) is 89.0 Å². The number of Topliss-reactive ketones (excluding diaryl/α,β-unsaturated/α-hetero) is 1. The molecule has 7 nitrogen and oxygen atoms in total. The van der Waals surface area contributed by atoms with Crippen LogP contribution in [0, 0.1) is 0 Å². The summed E-state index contributed by atoms with van der Waals surface area (Å²) in [5.41, 5.74) is 0.958. The number of ketones is 1. The number of hydrogen-bond donors (Lipinski definition) is 1. The third-order valence-corrected chi connectivity index (χ3v) is 5.98. The van der Waals surface area contributed by atoms with Crippen LogP contribution in [-0.2, 0) is 9.59 Å². The molecule has 0 saturated carbocycles. The van der Waals surface area contributed by atoms with Crippen LogP contribution in [-0.4, -0.2) is 28.6 Å². The molecule has 1 unspecified atom stereocenters. The predicted molar refractivity (Wildman–Crippen MR) is 118 cm³/mol. The number of aliphatic hydroxyl groups excluding tert-OH is 1. The third-order valence-electron chi connectivity index (χ3n) is 5.24. The molecule has 0 bridgehead atoms. The standard InChI is InChI=1S/C23H14Cl2N2O5/c24-14-6-4-12(9-15(14)25)21(28)19-20(16-3-1-2-8-26-16)27(23(30)22(19)29)13-5-7-17-18(10-13)32-11-31-17/h1-10,20,28H,11H2/b21-19+. The first kappa shape index (κ1) is 20.4. The van der Waals surface area contributed by atoms with Gasteiger partial charge in [0.15, 0.2) is 11.5 Å². The summed E-state index contributed by atoms with van der Waals surface area (Å²) in [4.78, 5) is 31.9. The van der Waals surface area contributed by atoms with Gasteiger partial charge in [0.1, 0.15) is 11.8 Å². The molecule has 3 heterocycles. The van der Waals surface area contributed by atoms with Gasteiger partial charge in [-0.25, -0.2) is 0 Å². The molecule has 160 valence electrons. The van der Waals surface area contributed by atoms with E-state index in [0.717, 1.165) is 0 Å². The van der Waals surface area contributed by atoms with Crippen molar-refractivity contribution in [1.29, 1.82) is 0 Å². The summed E-state index contributed by atoms with van der Waals surface area (Å²) in [6, 6.07) is 13.5. The maximum atomic E-state index is 13.1. The van der Waals surface area contributed by atoms with Gasteiger partial charge in [0.2, 0.25) is 6.79 Å². The highest BCUT2D eigenvalue weighted by Gasteiger charge is 2.48. The molecule has 5 rings (SSSR count). The molecule has 9 heteroatoms. The van der Waals surface area contributed by atoms with E-state index in [1.54, 1.807) is 42.6 Å². The van der Waals surface area contributed by atoms with Crippen LogP contribution < -0.4 is 14.4 Å². The van der Waals surface area contributed by atoms with Crippen LogP contribution in [0.5, 0.6) is 11.5 Å². The van der Waals surface area contributed by atoms with Gasteiger partial charge in [0.05, 0.1) is 21.3 Å². The highest BCUT2D eigenvalue weighted by atomic mass is 35.5. The fourth-order valence-corrected chi connectivity index (χ4v) is 4.05. The summed E-state index contributed by atoms with van der Waals surface area (Å²) in [7, 11) is 0. The second kappa shape index (κ2) is 7.85. The zero-order valence-electron chi connectivity index (χ0n) is 16.3. The predicted octanol–water partition coefficient (Wildman–Crippen LogP) is 4.74. The van der Waals surface area contributed by atoms with Crippen molar-refractivity contribution in [3.63, 3.8) is 0 Å². The summed E-state index contributed by atoms with van der Waals surface area (Å²) in [6.07, 6.45) is 1.55. The van der Waals surface area contributed by atoms with Gasteiger partial charge >= 0.3 is 0 Å². The van der Waals surface area contributed by atoms with Crippen molar-refractivity contribution < 1.29 is 24.2 Å².